The van der Waals surface area contributed by atoms with Crippen molar-refractivity contribution in [3.05, 3.63) is 84.3 Å². The molecular formula is C32H40N6O5. The SMILES string of the molecule is CC(C)(C)OC(=O)NC(C)(C)C(=O)N[C@@H](C(=O)Nc1cn(C(C(=O)N2CCCC2)c2ccccc2)cn1)c1ccccc1. The molecule has 228 valence electrons. The van der Waals surface area contributed by atoms with Gasteiger partial charge in [0.2, 0.25) is 11.8 Å². The van der Waals surface area contributed by atoms with E-state index in [4.69, 9.17) is 4.74 Å². The maximum atomic E-state index is 13.6. The van der Waals surface area contributed by atoms with Crippen LogP contribution in [-0.4, -0.2) is 62.5 Å². The first-order chi connectivity index (χ1) is 20.3. The molecule has 0 saturated carbocycles. The van der Waals surface area contributed by atoms with Gasteiger partial charge >= 0.3 is 6.09 Å². The predicted octanol–water partition coefficient (Wildman–Crippen LogP) is 4.19. The molecule has 1 aliphatic rings. The van der Waals surface area contributed by atoms with E-state index in [2.05, 4.69) is 20.9 Å². The normalized spacial score (nSPS) is 14.9. The van der Waals surface area contributed by atoms with Gasteiger partial charge in [-0.2, -0.15) is 0 Å². The Hall–Kier alpha value is -4.67. The lowest BCUT2D eigenvalue weighted by molar-refractivity contribution is -0.132. The number of carbonyl (C=O) groups excluding carboxylic acids is 4. The highest BCUT2D eigenvalue weighted by Gasteiger charge is 2.35. The Morgan fingerprint density at radius 3 is 2.02 bits per heavy atom. The van der Waals surface area contributed by atoms with Crippen molar-refractivity contribution in [2.75, 3.05) is 18.4 Å². The van der Waals surface area contributed by atoms with Crippen molar-refractivity contribution >= 4 is 29.6 Å². The van der Waals surface area contributed by atoms with E-state index in [0.717, 1.165) is 18.4 Å². The zero-order valence-electron chi connectivity index (χ0n) is 25.3. The van der Waals surface area contributed by atoms with Crippen LogP contribution < -0.4 is 16.0 Å². The number of nitrogens with zero attached hydrogens (tertiary/aromatic N) is 3. The number of hydrogen-bond donors (Lipinski definition) is 3. The fraction of sp³-hybridized carbons (Fsp3) is 0.406. The van der Waals surface area contributed by atoms with Crippen LogP contribution in [0, 0.1) is 0 Å². The second kappa shape index (κ2) is 13.1. The molecule has 11 heteroatoms. The monoisotopic (exact) mass is 588 g/mol. The molecule has 3 aromatic rings. The fourth-order valence-corrected chi connectivity index (χ4v) is 4.80. The summed E-state index contributed by atoms with van der Waals surface area (Å²) in [4.78, 5) is 59.1. The number of rotatable bonds is 9. The van der Waals surface area contributed by atoms with Gasteiger partial charge in [0, 0.05) is 19.3 Å². The van der Waals surface area contributed by atoms with Crippen LogP contribution in [0.4, 0.5) is 10.6 Å². The van der Waals surface area contributed by atoms with E-state index in [1.54, 1.807) is 61.9 Å². The fourth-order valence-electron chi connectivity index (χ4n) is 4.80. The average molecular weight is 589 g/mol. The summed E-state index contributed by atoms with van der Waals surface area (Å²) >= 11 is 0. The van der Waals surface area contributed by atoms with Crippen LogP contribution in [0.15, 0.2) is 73.2 Å². The first-order valence-electron chi connectivity index (χ1n) is 14.4. The quantitative estimate of drug-likeness (QED) is 0.343. The average Bonchev–Trinajstić information content (AvgIpc) is 3.64. The molecule has 0 bridgehead atoms. The molecule has 4 rings (SSSR count). The minimum absolute atomic E-state index is 0.0341. The van der Waals surface area contributed by atoms with E-state index in [1.807, 2.05) is 35.2 Å². The molecule has 1 aromatic heterocycles. The number of alkyl carbamates (subject to hydrolysis) is 1. The summed E-state index contributed by atoms with van der Waals surface area (Å²) in [5.41, 5.74) is -0.794. The summed E-state index contributed by atoms with van der Waals surface area (Å²) in [5, 5.41) is 8.10. The second-order valence-electron chi connectivity index (χ2n) is 12.1. The first-order valence-corrected chi connectivity index (χ1v) is 14.4. The number of ether oxygens (including phenoxy) is 1. The Balaban J connectivity index is 1.54. The number of hydrogen-bond acceptors (Lipinski definition) is 6. The van der Waals surface area contributed by atoms with Crippen LogP contribution >= 0.6 is 0 Å². The largest absolute Gasteiger partial charge is 0.444 e. The molecule has 2 heterocycles. The molecule has 1 saturated heterocycles. The minimum atomic E-state index is -1.39. The van der Waals surface area contributed by atoms with Crippen molar-refractivity contribution in [3.8, 4) is 0 Å². The Morgan fingerprint density at radius 1 is 0.860 bits per heavy atom. The molecule has 0 radical (unpaired) electrons. The summed E-state index contributed by atoms with van der Waals surface area (Å²) in [6.45, 7) is 9.63. The van der Waals surface area contributed by atoms with Gasteiger partial charge in [0.05, 0.1) is 6.33 Å². The van der Waals surface area contributed by atoms with Crippen LogP contribution in [0.2, 0.25) is 0 Å². The Morgan fingerprint density at radius 2 is 1.44 bits per heavy atom. The summed E-state index contributed by atoms with van der Waals surface area (Å²) in [6.07, 6.45) is 4.31. The van der Waals surface area contributed by atoms with Gasteiger partial charge in [-0.05, 0) is 58.6 Å². The van der Waals surface area contributed by atoms with Gasteiger partial charge in [-0.1, -0.05) is 60.7 Å². The lowest BCUT2D eigenvalue weighted by atomic mass is 10.0. The molecule has 2 aromatic carbocycles. The Kier molecular flexibility index (Phi) is 9.53. The predicted molar refractivity (Wildman–Crippen MR) is 162 cm³/mol. The van der Waals surface area contributed by atoms with Gasteiger partial charge in [0.25, 0.3) is 5.91 Å². The van der Waals surface area contributed by atoms with Crippen molar-refractivity contribution in [3.63, 3.8) is 0 Å². The number of benzene rings is 2. The number of amides is 4. The van der Waals surface area contributed by atoms with E-state index in [1.165, 1.54) is 20.2 Å². The highest BCUT2D eigenvalue weighted by Crippen LogP contribution is 2.25. The third-order valence-electron chi connectivity index (χ3n) is 6.97. The summed E-state index contributed by atoms with van der Waals surface area (Å²) in [5.74, 6) is -0.942. The number of anilines is 1. The van der Waals surface area contributed by atoms with Gasteiger partial charge in [-0.3, -0.25) is 14.4 Å². The second-order valence-corrected chi connectivity index (χ2v) is 12.1. The van der Waals surface area contributed by atoms with E-state index in [9.17, 15) is 19.2 Å². The van der Waals surface area contributed by atoms with Gasteiger partial charge < -0.3 is 30.2 Å². The molecule has 43 heavy (non-hydrogen) atoms. The molecular weight excluding hydrogens is 548 g/mol. The number of nitrogens with one attached hydrogen (secondary N) is 3. The summed E-state index contributed by atoms with van der Waals surface area (Å²) in [6, 6.07) is 16.5. The standard InChI is InChI=1S/C32H40N6O5/c1-31(2,3)43-30(42)36-32(4,5)29(41)35-25(22-14-8-6-9-15-22)27(39)34-24-20-38(21-33-24)26(23-16-10-7-11-17-23)28(40)37-18-12-13-19-37/h6-11,14-17,20-21,25-26H,12-13,18-19H2,1-5H3,(H,34,39)(H,35,41)(H,36,42)/t25-,26?/m1/s1. The third-order valence-corrected chi connectivity index (χ3v) is 6.97. The van der Waals surface area contributed by atoms with E-state index >= 15 is 0 Å². The number of carbonyl (C=O) groups is 4. The zero-order valence-corrected chi connectivity index (χ0v) is 25.3. The molecule has 4 amide bonds. The van der Waals surface area contributed by atoms with Crippen LogP contribution in [0.5, 0.6) is 0 Å². The molecule has 3 N–H and O–H groups in total. The highest BCUT2D eigenvalue weighted by molar-refractivity contribution is 5.99. The van der Waals surface area contributed by atoms with Gasteiger partial charge in [0.15, 0.2) is 5.82 Å². The molecule has 0 aliphatic carbocycles. The van der Waals surface area contributed by atoms with Crippen LogP contribution in [-0.2, 0) is 19.1 Å². The Bertz CT molecular complexity index is 1430. The molecule has 1 aliphatic heterocycles. The highest BCUT2D eigenvalue weighted by atomic mass is 16.6. The summed E-state index contributed by atoms with van der Waals surface area (Å²) in [7, 11) is 0. The van der Waals surface area contributed by atoms with E-state index in [-0.39, 0.29) is 11.7 Å². The third kappa shape index (κ3) is 8.21. The molecule has 1 unspecified atom stereocenters. The summed E-state index contributed by atoms with van der Waals surface area (Å²) < 4.78 is 6.99. The van der Waals surface area contributed by atoms with Crippen molar-refractivity contribution in [2.45, 2.75) is 70.7 Å². The molecule has 0 spiro atoms. The van der Waals surface area contributed by atoms with Crippen molar-refractivity contribution < 1.29 is 23.9 Å². The smallest absolute Gasteiger partial charge is 0.408 e. The molecule has 2 atom stereocenters. The van der Waals surface area contributed by atoms with E-state index < -0.39 is 41.1 Å². The number of likely N-dealkylation sites (tertiary alicyclic amines) is 1. The topological polar surface area (TPSA) is 135 Å². The van der Waals surface area contributed by atoms with E-state index in [0.29, 0.717) is 18.7 Å². The lowest BCUT2D eigenvalue weighted by Gasteiger charge is -2.29. The number of aromatic nitrogens is 2. The van der Waals surface area contributed by atoms with Crippen molar-refractivity contribution in [1.82, 2.24) is 25.1 Å². The number of imidazole rings is 1. The van der Waals surface area contributed by atoms with Gasteiger partial charge in [0.1, 0.15) is 23.2 Å². The maximum Gasteiger partial charge on any atom is 0.408 e. The van der Waals surface area contributed by atoms with Crippen LogP contribution in [0.3, 0.4) is 0 Å². The molecule has 11 nitrogen and oxygen atoms in total. The first kappa shape index (κ1) is 31.3. The maximum absolute atomic E-state index is 13.6. The van der Waals surface area contributed by atoms with Crippen molar-refractivity contribution in [1.29, 1.82) is 0 Å². The molecule has 1 fully saturated rings. The van der Waals surface area contributed by atoms with Gasteiger partial charge in [-0.15, -0.1) is 0 Å². The lowest BCUT2D eigenvalue weighted by Crippen LogP contribution is -2.57. The Labute approximate surface area is 252 Å². The van der Waals surface area contributed by atoms with Gasteiger partial charge in [-0.25, -0.2) is 9.78 Å². The van der Waals surface area contributed by atoms with Crippen LogP contribution in [0.25, 0.3) is 0 Å². The zero-order chi connectivity index (χ0) is 31.2. The van der Waals surface area contributed by atoms with Crippen molar-refractivity contribution in [2.24, 2.45) is 0 Å². The van der Waals surface area contributed by atoms with Crippen LogP contribution in [0.1, 0.15) is 70.7 Å². The minimum Gasteiger partial charge on any atom is -0.444 e.